The first kappa shape index (κ1) is 20.1. The maximum Gasteiger partial charge on any atom is 0.183 e. The predicted octanol–water partition coefficient (Wildman–Crippen LogP) is 5.26. The Bertz CT molecular complexity index is 1450. The topological polar surface area (TPSA) is 70.7 Å². The second-order valence-corrected chi connectivity index (χ2v) is 7.97. The highest BCUT2D eigenvalue weighted by atomic mass is 19.1. The van der Waals surface area contributed by atoms with Crippen molar-refractivity contribution in [1.29, 1.82) is 0 Å². The Balaban J connectivity index is 1.70. The van der Waals surface area contributed by atoms with Crippen molar-refractivity contribution in [2.24, 2.45) is 0 Å². The Hall–Kier alpha value is -3.81. The molecule has 5 rings (SSSR count). The minimum atomic E-state index is -0.333. The Labute approximate surface area is 184 Å². The van der Waals surface area contributed by atoms with E-state index in [1.807, 2.05) is 40.6 Å². The fourth-order valence-electron chi connectivity index (χ4n) is 3.93. The smallest absolute Gasteiger partial charge is 0.183 e. The molecule has 162 valence electrons. The van der Waals surface area contributed by atoms with E-state index in [0.29, 0.717) is 22.5 Å². The summed E-state index contributed by atoms with van der Waals surface area (Å²) >= 11 is 0. The van der Waals surface area contributed by atoms with Gasteiger partial charge in [-0.2, -0.15) is 10.2 Å². The summed E-state index contributed by atoms with van der Waals surface area (Å²) < 4.78 is 24.5. The first-order valence-electron chi connectivity index (χ1n) is 10.5. The molecule has 0 aliphatic carbocycles. The highest BCUT2D eigenvalue weighted by molar-refractivity contribution is 5.92. The largest absolute Gasteiger partial charge is 0.496 e. The maximum atomic E-state index is 15.1. The Morgan fingerprint density at radius 1 is 1.09 bits per heavy atom. The van der Waals surface area contributed by atoms with Crippen molar-refractivity contribution in [1.82, 2.24) is 29.5 Å². The number of fused-ring (bicyclic) bond motifs is 2. The molecule has 0 spiro atoms. The highest BCUT2D eigenvalue weighted by Gasteiger charge is 2.17. The highest BCUT2D eigenvalue weighted by Crippen LogP contribution is 2.38. The van der Waals surface area contributed by atoms with Crippen LogP contribution in [0, 0.1) is 5.82 Å². The third-order valence-electron chi connectivity index (χ3n) is 5.69. The molecule has 3 heterocycles. The van der Waals surface area contributed by atoms with Crippen LogP contribution < -0.4 is 4.74 Å². The van der Waals surface area contributed by atoms with Gasteiger partial charge >= 0.3 is 0 Å². The van der Waals surface area contributed by atoms with Gasteiger partial charge in [-0.15, -0.1) is 5.10 Å². The van der Waals surface area contributed by atoms with Gasteiger partial charge < -0.3 is 9.30 Å². The lowest BCUT2D eigenvalue weighted by molar-refractivity contribution is 0.416. The molecule has 0 fully saturated rings. The molecule has 0 radical (unpaired) electrons. The zero-order chi connectivity index (χ0) is 22.4. The van der Waals surface area contributed by atoms with E-state index in [2.05, 4.69) is 34.1 Å². The lowest BCUT2D eigenvalue weighted by Gasteiger charge is -2.12. The number of aryl methyl sites for hydroxylation is 1. The van der Waals surface area contributed by atoms with Crippen LogP contribution in [0.5, 0.6) is 5.75 Å². The summed E-state index contributed by atoms with van der Waals surface area (Å²) in [6.07, 6.45) is 5.38. The molecule has 0 saturated heterocycles. The molecule has 32 heavy (non-hydrogen) atoms. The van der Waals surface area contributed by atoms with Gasteiger partial charge in [0.1, 0.15) is 17.1 Å². The first-order valence-corrected chi connectivity index (χ1v) is 10.5. The number of ether oxygens (including phenoxy) is 1. The number of aromatic nitrogens is 6. The minimum Gasteiger partial charge on any atom is -0.496 e. The monoisotopic (exact) mass is 430 g/mol. The molecule has 0 unspecified atom stereocenters. The first-order chi connectivity index (χ1) is 15.5. The van der Waals surface area contributed by atoms with Crippen molar-refractivity contribution in [3.8, 4) is 28.0 Å². The third-order valence-corrected chi connectivity index (χ3v) is 5.69. The Morgan fingerprint density at radius 2 is 1.94 bits per heavy atom. The molecule has 0 atom stereocenters. The molecule has 0 aliphatic rings. The fourth-order valence-corrected chi connectivity index (χ4v) is 3.93. The lowest BCUT2D eigenvalue weighted by Crippen LogP contribution is -1.99. The van der Waals surface area contributed by atoms with Crippen LogP contribution in [0.2, 0.25) is 0 Å². The summed E-state index contributed by atoms with van der Waals surface area (Å²) in [5, 5.41) is 13.9. The zero-order valence-corrected chi connectivity index (χ0v) is 18.4. The summed E-state index contributed by atoms with van der Waals surface area (Å²) in [6, 6.07) is 9.02. The molecule has 0 N–H and O–H groups in total. The van der Waals surface area contributed by atoms with Gasteiger partial charge in [0.15, 0.2) is 5.65 Å². The molecule has 8 heteroatoms. The summed E-state index contributed by atoms with van der Waals surface area (Å²) in [5.41, 5.74) is 4.97. The number of hydrogen-bond donors (Lipinski definition) is 0. The van der Waals surface area contributed by atoms with Crippen LogP contribution in [0.1, 0.15) is 26.8 Å². The third kappa shape index (κ3) is 3.19. The average molecular weight is 430 g/mol. The van der Waals surface area contributed by atoms with Gasteiger partial charge in [0.05, 0.1) is 25.2 Å². The number of methoxy groups -OCH3 is 1. The van der Waals surface area contributed by atoms with E-state index in [1.54, 1.807) is 25.7 Å². The quantitative estimate of drug-likeness (QED) is 0.380. The van der Waals surface area contributed by atoms with E-state index in [-0.39, 0.29) is 11.9 Å². The van der Waals surface area contributed by atoms with Crippen molar-refractivity contribution >= 4 is 22.1 Å². The second kappa shape index (κ2) is 7.71. The predicted molar refractivity (Wildman–Crippen MR) is 122 cm³/mol. The van der Waals surface area contributed by atoms with E-state index in [1.165, 1.54) is 6.07 Å². The van der Waals surface area contributed by atoms with E-state index in [0.717, 1.165) is 34.1 Å². The maximum absolute atomic E-state index is 15.1. The zero-order valence-electron chi connectivity index (χ0n) is 18.4. The van der Waals surface area contributed by atoms with Crippen LogP contribution in [-0.2, 0) is 6.54 Å². The van der Waals surface area contributed by atoms with Crippen LogP contribution in [0.4, 0.5) is 4.39 Å². The number of hydrogen-bond acceptors (Lipinski definition) is 5. The van der Waals surface area contributed by atoms with Gasteiger partial charge in [-0.3, -0.25) is 4.68 Å². The van der Waals surface area contributed by atoms with Crippen LogP contribution in [-0.4, -0.2) is 36.6 Å². The standard InChI is InChI=1S/C24H23FN6O/c1-5-30-13-26-23-19(11-27-28-24(23)30)15-6-7-20(25)17(8-15)18-9-16-12-31(14(2)3)29-21(16)10-22(18)32-4/h6-14H,5H2,1-4H3. The molecule has 0 amide bonds. The fraction of sp³-hybridized carbons (Fsp3) is 0.250. The average Bonchev–Trinajstić information content (AvgIpc) is 3.42. The van der Waals surface area contributed by atoms with Crippen molar-refractivity contribution in [3.63, 3.8) is 0 Å². The molecule has 5 aromatic rings. The van der Waals surface area contributed by atoms with Crippen LogP contribution in [0.15, 0.2) is 49.1 Å². The molecule has 0 saturated carbocycles. The van der Waals surface area contributed by atoms with Gasteiger partial charge in [-0.25, -0.2) is 9.37 Å². The van der Waals surface area contributed by atoms with E-state index < -0.39 is 0 Å². The SMILES string of the molecule is CCn1cnc2c(-c3ccc(F)c(-c4cc5cn(C(C)C)nc5cc4OC)c3)cnnc21. The number of halogens is 1. The van der Waals surface area contributed by atoms with Crippen molar-refractivity contribution in [3.05, 3.63) is 54.9 Å². The van der Waals surface area contributed by atoms with Crippen LogP contribution >= 0.6 is 0 Å². The number of nitrogens with zero attached hydrogens (tertiary/aromatic N) is 6. The Kier molecular flexibility index (Phi) is 4.84. The lowest BCUT2D eigenvalue weighted by atomic mass is 9.97. The van der Waals surface area contributed by atoms with Gasteiger partial charge in [-0.05, 0) is 44.5 Å². The Morgan fingerprint density at radius 3 is 2.69 bits per heavy atom. The van der Waals surface area contributed by atoms with Gasteiger partial charge in [0.2, 0.25) is 0 Å². The number of imidazole rings is 1. The molecule has 2 aromatic carbocycles. The van der Waals surface area contributed by atoms with E-state index >= 15 is 4.39 Å². The van der Waals surface area contributed by atoms with Crippen LogP contribution in [0.25, 0.3) is 44.3 Å². The summed E-state index contributed by atoms with van der Waals surface area (Å²) in [5.74, 6) is 0.232. The van der Waals surface area contributed by atoms with Crippen molar-refractivity contribution < 1.29 is 9.13 Å². The van der Waals surface area contributed by atoms with E-state index in [4.69, 9.17) is 4.74 Å². The normalized spacial score (nSPS) is 11.7. The second-order valence-electron chi connectivity index (χ2n) is 7.97. The number of benzene rings is 2. The van der Waals surface area contributed by atoms with Crippen molar-refractivity contribution in [2.45, 2.75) is 33.4 Å². The minimum absolute atomic E-state index is 0.224. The molecule has 0 aliphatic heterocycles. The van der Waals surface area contributed by atoms with Gasteiger partial charge in [-0.1, -0.05) is 6.07 Å². The molecule has 0 bridgehead atoms. The van der Waals surface area contributed by atoms with Gasteiger partial charge in [0.25, 0.3) is 0 Å². The van der Waals surface area contributed by atoms with Crippen LogP contribution in [0.3, 0.4) is 0 Å². The molecule has 7 nitrogen and oxygen atoms in total. The van der Waals surface area contributed by atoms with Gasteiger partial charge in [0, 0.05) is 46.9 Å². The molecular weight excluding hydrogens is 407 g/mol. The summed E-state index contributed by atoms with van der Waals surface area (Å²) in [6.45, 7) is 6.90. The molecule has 3 aromatic heterocycles. The summed E-state index contributed by atoms with van der Waals surface area (Å²) in [4.78, 5) is 4.52. The van der Waals surface area contributed by atoms with E-state index in [9.17, 15) is 0 Å². The number of rotatable bonds is 5. The molecular formula is C24H23FN6O. The summed E-state index contributed by atoms with van der Waals surface area (Å²) in [7, 11) is 1.58. The van der Waals surface area contributed by atoms with Crippen molar-refractivity contribution in [2.75, 3.05) is 7.11 Å².